The summed E-state index contributed by atoms with van der Waals surface area (Å²) in [6, 6.07) is 8.09. The summed E-state index contributed by atoms with van der Waals surface area (Å²) in [7, 11) is -0.584. The summed E-state index contributed by atoms with van der Waals surface area (Å²) < 4.78 is 38.1. The molecule has 152 valence electrons. The van der Waals surface area contributed by atoms with Gasteiger partial charge in [0.2, 0.25) is 5.91 Å². The lowest BCUT2D eigenvalue weighted by Crippen LogP contribution is -2.45. The van der Waals surface area contributed by atoms with Crippen LogP contribution in [0.2, 0.25) is 0 Å². The van der Waals surface area contributed by atoms with Crippen molar-refractivity contribution in [2.45, 2.75) is 36.6 Å². The van der Waals surface area contributed by atoms with Crippen LogP contribution in [-0.2, 0) is 21.4 Å². The Morgan fingerprint density at radius 3 is 2.68 bits per heavy atom. The molecule has 1 atom stereocenters. The number of methoxy groups -OCH3 is 2. The average molecular weight is 425 g/mol. The van der Waals surface area contributed by atoms with E-state index in [1.807, 2.05) is 19.1 Å². The summed E-state index contributed by atoms with van der Waals surface area (Å²) in [5.41, 5.74) is 0.761. The van der Waals surface area contributed by atoms with Crippen LogP contribution in [0.4, 0.5) is 0 Å². The highest BCUT2D eigenvalue weighted by molar-refractivity contribution is 7.91. The Morgan fingerprint density at radius 2 is 2.04 bits per heavy atom. The highest BCUT2D eigenvalue weighted by atomic mass is 32.2. The number of benzene rings is 1. The Labute approximate surface area is 169 Å². The molecule has 0 spiro atoms. The van der Waals surface area contributed by atoms with E-state index in [9.17, 15) is 13.2 Å². The molecule has 1 fully saturated rings. The first-order chi connectivity index (χ1) is 13.4. The van der Waals surface area contributed by atoms with Crippen molar-refractivity contribution in [1.29, 1.82) is 0 Å². The number of carbonyl (C=O) groups excluding carboxylic acids is 1. The molecule has 3 rings (SSSR count). The predicted octanol–water partition coefficient (Wildman–Crippen LogP) is 2.54. The van der Waals surface area contributed by atoms with Crippen LogP contribution >= 0.6 is 11.3 Å². The maximum absolute atomic E-state index is 12.9. The molecule has 1 aliphatic heterocycles. The zero-order chi connectivity index (χ0) is 20.3. The van der Waals surface area contributed by atoms with Crippen molar-refractivity contribution in [1.82, 2.24) is 9.62 Å². The zero-order valence-electron chi connectivity index (χ0n) is 16.1. The summed E-state index contributed by atoms with van der Waals surface area (Å²) >= 11 is 1.22. The highest BCUT2D eigenvalue weighted by Gasteiger charge is 2.39. The third-order valence-corrected chi connectivity index (χ3v) is 8.10. The monoisotopic (exact) mass is 424 g/mol. The normalized spacial score (nSPS) is 17.5. The first-order valence-electron chi connectivity index (χ1n) is 8.94. The van der Waals surface area contributed by atoms with E-state index in [0.717, 1.165) is 10.4 Å². The lowest BCUT2D eigenvalue weighted by atomic mass is 10.1. The van der Waals surface area contributed by atoms with Gasteiger partial charge in [-0.2, -0.15) is 4.31 Å². The minimum Gasteiger partial charge on any atom is -0.493 e. The summed E-state index contributed by atoms with van der Waals surface area (Å²) in [5.74, 6) is 0.821. The minimum absolute atomic E-state index is 0.224. The lowest BCUT2D eigenvalue weighted by Gasteiger charge is -2.23. The molecule has 1 aromatic carbocycles. The number of para-hydroxylation sites is 1. The second-order valence-corrected chi connectivity index (χ2v) is 9.91. The SMILES string of the molecule is COc1cccc(CNC(=O)[C@@H]2CCCN2S(=O)(=O)c2ccc(C)s2)c1OC. The van der Waals surface area contributed by atoms with E-state index in [1.54, 1.807) is 25.3 Å². The molecular formula is C19H24N2O5S2. The van der Waals surface area contributed by atoms with E-state index in [-0.39, 0.29) is 16.7 Å². The molecule has 9 heteroatoms. The molecule has 1 amide bonds. The van der Waals surface area contributed by atoms with E-state index < -0.39 is 16.1 Å². The third kappa shape index (κ3) is 4.01. The van der Waals surface area contributed by atoms with Gasteiger partial charge >= 0.3 is 0 Å². The van der Waals surface area contributed by atoms with E-state index in [2.05, 4.69) is 5.32 Å². The van der Waals surface area contributed by atoms with Gasteiger partial charge in [0, 0.05) is 23.5 Å². The minimum atomic E-state index is -3.67. The molecule has 1 aliphatic rings. The van der Waals surface area contributed by atoms with Gasteiger partial charge in [-0.25, -0.2) is 8.42 Å². The number of hydrogen-bond acceptors (Lipinski definition) is 6. The molecule has 2 aromatic rings. The Kier molecular flexibility index (Phi) is 6.26. The maximum Gasteiger partial charge on any atom is 0.253 e. The average Bonchev–Trinajstić information content (AvgIpc) is 3.35. The van der Waals surface area contributed by atoms with Crippen molar-refractivity contribution in [2.75, 3.05) is 20.8 Å². The predicted molar refractivity (Wildman–Crippen MR) is 107 cm³/mol. The number of ether oxygens (including phenoxy) is 2. The number of carbonyl (C=O) groups is 1. The molecule has 0 aliphatic carbocycles. The molecule has 0 bridgehead atoms. The van der Waals surface area contributed by atoms with Crippen molar-refractivity contribution in [3.63, 3.8) is 0 Å². The molecule has 7 nitrogen and oxygen atoms in total. The molecule has 28 heavy (non-hydrogen) atoms. The van der Waals surface area contributed by atoms with Gasteiger partial charge in [0.1, 0.15) is 10.3 Å². The molecule has 0 radical (unpaired) electrons. The molecular weight excluding hydrogens is 400 g/mol. The summed E-state index contributed by atoms with van der Waals surface area (Å²) in [4.78, 5) is 13.7. The van der Waals surface area contributed by atoms with Crippen LogP contribution in [-0.4, -0.2) is 45.4 Å². The van der Waals surface area contributed by atoms with Crippen molar-refractivity contribution in [3.8, 4) is 11.5 Å². The molecule has 0 saturated carbocycles. The fourth-order valence-corrected chi connectivity index (χ4v) is 6.42. The third-order valence-electron chi connectivity index (χ3n) is 4.72. The number of amides is 1. The van der Waals surface area contributed by atoms with E-state index in [1.165, 1.54) is 22.8 Å². The van der Waals surface area contributed by atoms with Crippen LogP contribution in [0.5, 0.6) is 11.5 Å². The Morgan fingerprint density at radius 1 is 1.25 bits per heavy atom. The zero-order valence-corrected chi connectivity index (χ0v) is 17.7. The number of thiophene rings is 1. The number of hydrogen-bond donors (Lipinski definition) is 1. The van der Waals surface area contributed by atoms with Gasteiger partial charge in [-0.05, 0) is 38.0 Å². The van der Waals surface area contributed by atoms with E-state index in [0.29, 0.717) is 30.9 Å². The van der Waals surface area contributed by atoms with Gasteiger partial charge < -0.3 is 14.8 Å². The Bertz CT molecular complexity index is 955. The fourth-order valence-electron chi connectivity index (χ4n) is 3.35. The first kappa shape index (κ1) is 20.6. The van der Waals surface area contributed by atoms with Gasteiger partial charge in [0.15, 0.2) is 11.5 Å². The van der Waals surface area contributed by atoms with Gasteiger partial charge in [-0.3, -0.25) is 4.79 Å². The van der Waals surface area contributed by atoms with Crippen LogP contribution in [0, 0.1) is 6.92 Å². The smallest absolute Gasteiger partial charge is 0.253 e. The topological polar surface area (TPSA) is 84.9 Å². The van der Waals surface area contributed by atoms with Crippen LogP contribution in [0.15, 0.2) is 34.5 Å². The standard InChI is InChI=1S/C19H24N2O5S2/c1-13-9-10-17(27-13)28(23,24)21-11-5-7-15(21)19(22)20-12-14-6-4-8-16(25-2)18(14)26-3/h4,6,8-10,15H,5,7,11-12H2,1-3H3,(H,20,22)/t15-/m0/s1. The molecule has 2 heterocycles. The highest BCUT2D eigenvalue weighted by Crippen LogP contribution is 2.32. The Hall–Kier alpha value is -2.10. The number of sulfonamides is 1. The van der Waals surface area contributed by atoms with Crippen LogP contribution in [0.3, 0.4) is 0 Å². The molecule has 1 saturated heterocycles. The quantitative estimate of drug-likeness (QED) is 0.738. The Balaban J connectivity index is 1.74. The fraction of sp³-hybridized carbons (Fsp3) is 0.421. The van der Waals surface area contributed by atoms with E-state index >= 15 is 0 Å². The summed E-state index contributed by atoms with van der Waals surface area (Å²) in [6.45, 7) is 2.43. The largest absolute Gasteiger partial charge is 0.493 e. The second-order valence-electron chi connectivity index (χ2n) is 6.51. The van der Waals surface area contributed by atoms with Gasteiger partial charge in [-0.15, -0.1) is 11.3 Å². The van der Waals surface area contributed by atoms with Gasteiger partial charge in [0.05, 0.1) is 14.2 Å². The van der Waals surface area contributed by atoms with Crippen molar-refractivity contribution < 1.29 is 22.7 Å². The second kappa shape index (κ2) is 8.50. The molecule has 1 N–H and O–H groups in total. The number of aryl methyl sites for hydroxylation is 1. The van der Waals surface area contributed by atoms with Gasteiger partial charge in [-0.1, -0.05) is 12.1 Å². The number of nitrogens with one attached hydrogen (secondary N) is 1. The van der Waals surface area contributed by atoms with Crippen molar-refractivity contribution >= 4 is 27.3 Å². The van der Waals surface area contributed by atoms with Crippen LogP contribution in [0.25, 0.3) is 0 Å². The van der Waals surface area contributed by atoms with Crippen molar-refractivity contribution in [2.24, 2.45) is 0 Å². The maximum atomic E-state index is 12.9. The van der Waals surface area contributed by atoms with Gasteiger partial charge in [0.25, 0.3) is 10.0 Å². The number of rotatable bonds is 7. The lowest BCUT2D eigenvalue weighted by molar-refractivity contribution is -0.124. The summed E-state index contributed by atoms with van der Waals surface area (Å²) in [5, 5.41) is 2.85. The molecule has 0 unspecified atom stereocenters. The van der Waals surface area contributed by atoms with E-state index in [4.69, 9.17) is 9.47 Å². The first-order valence-corrected chi connectivity index (χ1v) is 11.2. The van der Waals surface area contributed by atoms with Crippen LogP contribution < -0.4 is 14.8 Å². The molecule has 1 aromatic heterocycles. The summed E-state index contributed by atoms with van der Waals surface area (Å²) in [6.07, 6.45) is 1.16. The van der Waals surface area contributed by atoms with Crippen molar-refractivity contribution in [3.05, 3.63) is 40.8 Å². The number of nitrogens with zero attached hydrogens (tertiary/aromatic N) is 1. The van der Waals surface area contributed by atoms with Crippen LogP contribution in [0.1, 0.15) is 23.3 Å².